The zero-order valence-corrected chi connectivity index (χ0v) is 11.7. The lowest BCUT2D eigenvalue weighted by atomic mass is 10.0. The first-order valence-electron chi connectivity index (χ1n) is 6.87. The molecule has 0 radical (unpaired) electrons. The molecular weight excluding hydrogens is 240 g/mol. The molecule has 1 aliphatic heterocycles. The van der Waals surface area contributed by atoms with Crippen LogP contribution < -0.4 is 10.6 Å². The fraction of sp³-hybridized carbons (Fsp3) is 0.533. The minimum atomic E-state index is -0.293. The van der Waals surface area contributed by atoms with Crippen LogP contribution in [0.5, 0.6) is 0 Å². The van der Waals surface area contributed by atoms with Gasteiger partial charge in [-0.3, -0.25) is 0 Å². The summed E-state index contributed by atoms with van der Waals surface area (Å²) in [6, 6.07) is 6.13. The second kappa shape index (κ2) is 6.57. The third kappa shape index (κ3) is 3.70. The van der Waals surface area contributed by atoms with Gasteiger partial charge in [-0.15, -0.1) is 0 Å². The molecule has 1 fully saturated rings. The van der Waals surface area contributed by atoms with Crippen LogP contribution in [0.15, 0.2) is 18.2 Å². The van der Waals surface area contributed by atoms with Crippen molar-refractivity contribution in [3.8, 4) is 0 Å². The molecule has 1 aromatic rings. The lowest BCUT2D eigenvalue weighted by Gasteiger charge is -2.24. The van der Waals surface area contributed by atoms with Crippen molar-refractivity contribution < 1.29 is 9.53 Å². The fourth-order valence-electron chi connectivity index (χ4n) is 2.39. The number of piperidine rings is 1. The second-order valence-electron chi connectivity index (χ2n) is 5.05. The highest BCUT2D eigenvalue weighted by Gasteiger charge is 2.13. The molecule has 0 amide bonds. The Kier molecular flexibility index (Phi) is 4.80. The number of aryl methyl sites for hydroxylation is 1. The van der Waals surface area contributed by atoms with Crippen LogP contribution in [0.4, 0.5) is 5.69 Å². The first-order valence-corrected chi connectivity index (χ1v) is 6.87. The highest BCUT2D eigenvalue weighted by atomic mass is 16.5. The topological polar surface area (TPSA) is 50.4 Å². The maximum Gasteiger partial charge on any atom is 0.337 e. The Hall–Kier alpha value is -1.55. The Bertz CT molecular complexity index is 440. The molecule has 0 aromatic heterocycles. The summed E-state index contributed by atoms with van der Waals surface area (Å²) in [6.45, 7) is 4.04. The van der Waals surface area contributed by atoms with Crippen LogP contribution in [0, 0.1) is 6.92 Å². The van der Waals surface area contributed by atoms with Crippen molar-refractivity contribution >= 4 is 11.7 Å². The van der Waals surface area contributed by atoms with Gasteiger partial charge in [0.25, 0.3) is 0 Å². The number of hydrogen-bond acceptors (Lipinski definition) is 4. The van der Waals surface area contributed by atoms with Crippen molar-refractivity contribution in [3.63, 3.8) is 0 Å². The van der Waals surface area contributed by atoms with Gasteiger partial charge in [-0.25, -0.2) is 4.79 Å². The van der Waals surface area contributed by atoms with Gasteiger partial charge < -0.3 is 15.4 Å². The number of methoxy groups -OCH3 is 1. The van der Waals surface area contributed by atoms with Gasteiger partial charge >= 0.3 is 5.97 Å². The van der Waals surface area contributed by atoms with E-state index in [1.165, 1.54) is 26.4 Å². The number of hydrogen-bond donors (Lipinski definition) is 2. The van der Waals surface area contributed by atoms with Gasteiger partial charge in [-0.05, 0) is 44.0 Å². The van der Waals surface area contributed by atoms with Gasteiger partial charge in [0.15, 0.2) is 0 Å². The van der Waals surface area contributed by atoms with Crippen LogP contribution in [0.2, 0.25) is 0 Å². The molecule has 4 heteroatoms. The monoisotopic (exact) mass is 262 g/mol. The highest BCUT2D eigenvalue weighted by Crippen LogP contribution is 2.18. The molecular formula is C15H22N2O2. The van der Waals surface area contributed by atoms with E-state index in [1.54, 1.807) is 6.07 Å². The minimum Gasteiger partial charge on any atom is -0.465 e. The number of carbonyl (C=O) groups is 1. The zero-order valence-electron chi connectivity index (χ0n) is 11.7. The van der Waals surface area contributed by atoms with Crippen LogP contribution in [0.25, 0.3) is 0 Å². The summed E-state index contributed by atoms with van der Waals surface area (Å²) in [5.74, 6) is -0.293. The summed E-state index contributed by atoms with van der Waals surface area (Å²) < 4.78 is 4.75. The summed E-state index contributed by atoms with van der Waals surface area (Å²) in [5.41, 5.74) is 2.74. The van der Waals surface area contributed by atoms with Crippen molar-refractivity contribution in [2.24, 2.45) is 0 Å². The van der Waals surface area contributed by atoms with Crippen molar-refractivity contribution in [2.75, 3.05) is 25.5 Å². The van der Waals surface area contributed by atoms with Crippen LogP contribution >= 0.6 is 0 Å². The van der Waals surface area contributed by atoms with Crippen molar-refractivity contribution in [2.45, 2.75) is 32.2 Å². The number of esters is 1. The van der Waals surface area contributed by atoms with E-state index in [2.05, 4.69) is 10.6 Å². The smallest absolute Gasteiger partial charge is 0.337 e. The van der Waals surface area contributed by atoms with E-state index >= 15 is 0 Å². The molecule has 104 valence electrons. The average Bonchev–Trinajstić information content (AvgIpc) is 2.46. The maximum atomic E-state index is 11.5. The zero-order chi connectivity index (χ0) is 13.7. The molecule has 2 rings (SSSR count). The molecule has 1 atom stereocenters. The number of rotatable bonds is 4. The van der Waals surface area contributed by atoms with E-state index in [9.17, 15) is 4.79 Å². The molecule has 1 unspecified atom stereocenters. The molecule has 4 nitrogen and oxygen atoms in total. The Balaban J connectivity index is 2.00. The molecule has 0 spiro atoms. The van der Waals surface area contributed by atoms with Crippen LogP contribution in [-0.2, 0) is 4.74 Å². The number of anilines is 1. The summed E-state index contributed by atoms with van der Waals surface area (Å²) in [5, 5.41) is 6.93. The van der Waals surface area contributed by atoms with Gasteiger partial charge in [0, 0.05) is 18.3 Å². The van der Waals surface area contributed by atoms with Crippen LogP contribution in [0.3, 0.4) is 0 Å². The van der Waals surface area contributed by atoms with Crippen molar-refractivity contribution in [1.82, 2.24) is 5.32 Å². The van der Waals surface area contributed by atoms with Gasteiger partial charge in [-0.1, -0.05) is 12.5 Å². The van der Waals surface area contributed by atoms with Gasteiger partial charge in [-0.2, -0.15) is 0 Å². The number of ether oxygens (including phenoxy) is 1. The Morgan fingerprint density at radius 3 is 3.00 bits per heavy atom. The van der Waals surface area contributed by atoms with Gasteiger partial charge in [0.05, 0.1) is 12.7 Å². The summed E-state index contributed by atoms with van der Waals surface area (Å²) in [4.78, 5) is 11.5. The van der Waals surface area contributed by atoms with E-state index in [0.717, 1.165) is 24.3 Å². The van der Waals surface area contributed by atoms with Gasteiger partial charge in [0.2, 0.25) is 0 Å². The van der Waals surface area contributed by atoms with Gasteiger partial charge in [0.1, 0.15) is 0 Å². The summed E-state index contributed by atoms with van der Waals surface area (Å²) in [6.07, 6.45) is 3.77. The molecule has 0 bridgehead atoms. The number of carbonyl (C=O) groups excluding carboxylic acids is 1. The fourth-order valence-corrected chi connectivity index (χ4v) is 2.39. The summed E-state index contributed by atoms with van der Waals surface area (Å²) >= 11 is 0. The molecule has 1 heterocycles. The standard InChI is InChI=1S/C15H22N2O2/c1-11-6-7-12(15(18)19-2)9-14(11)17-10-13-5-3-4-8-16-13/h6-7,9,13,16-17H,3-5,8,10H2,1-2H3. The molecule has 19 heavy (non-hydrogen) atoms. The van der Waals surface area contributed by atoms with Crippen LogP contribution in [0.1, 0.15) is 35.2 Å². The Labute approximate surface area is 114 Å². The predicted molar refractivity (Wildman–Crippen MR) is 76.6 cm³/mol. The quantitative estimate of drug-likeness (QED) is 0.818. The first kappa shape index (κ1) is 13.9. The third-order valence-electron chi connectivity index (χ3n) is 3.61. The molecule has 1 aliphatic rings. The van der Waals surface area contributed by atoms with E-state index in [4.69, 9.17) is 4.74 Å². The molecule has 1 aromatic carbocycles. The van der Waals surface area contributed by atoms with E-state index in [1.807, 2.05) is 19.1 Å². The molecule has 2 N–H and O–H groups in total. The van der Waals surface area contributed by atoms with Crippen molar-refractivity contribution in [1.29, 1.82) is 0 Å². The lowest BCUT2D eigenvalue weighted by Crippen LogP contribution is -2.39. The average molecular weight is 262 g/mol. The highest BCUT2D eigenvalue weighted by molar-refractivity contribution is 5.90. The van der Waals surface area contributed by atoms with E-state index in [-0.39, 0.29) is 5.97 Å². The van der Waals surface area contributed by atoms with E-state index < -0.39 is 0 Å². The Morgan fingerprint density at radius 2 is 2.32 bits per heavy atom. The maximum absolute atomic E-state index is 11.5. The number of nitrogens with one attached hydrogen (secondary N) is 2. The summed E-state index contributed by atoms with van der Waals surface area (Å²) in [7, 11) is 1.40. The van der Waals surface area contributed by atoms with Crippen molar-refractivity contribution in [3.05, 3.63) is 29.3 Å². The van der Waals surface area contributed by atoms with Crippen LogP contribution in [-0.4, -0.2) is 32.2 Å². The SMILES string of the molecule is COC(=O)c1ccc(C)c(NCC2CCCCN2)c1. The van der Waals surface area contributed by atoms with E-state index in [0.29, 0.717) is 11.6 Å². The molecule has 0 aliphatic carbocycles. The first-order chi connectivity index (χ1) is 9.20. The minimum absolute atomic E-state index is 0.293. The molecule has 0 saturated carbocycles. The Morgan fingerprint density at radius 1 is 1.47 bits per heavy atom. The molecule has 1 saturated heterocycles. The predicted octanol–water partition coefficient (Wildman–Crippen LogP) is 2.34. The normalized spacial score (nSPS) is 18.9. The third-order valence-corrected chi connectivity index (χ3v) is 3.61. The lowest BCUT2D eigenvalue weighted by molar-refractivity contribution is 0.0601. The second-order valence-corrected chi connectivity index (χ2v) is 5.05. The number of benzene rings is 1. The largest absolute Gasteiger partial charge is 0.465 e.